The number of anilines is 1. The number of piperidine rings is 1. The molecule has 1 spiro atoms. The number of para-hydroxylation sites is 1. The van der Waals surface area contributed by atoms with Gasteiger partial charge in [-0.25, -0.2) is 0 Å². The first-order chi connectivity index (χ1) is 11.6. The summed E-state index contributed by atoms with van der Waals surface area (Å²) in [5, 5.41) is 0. The van der Waals surface area contributed by atoms with Gasteiger partial charge in [0.2, 0.25) is 0 Å². The lowest BCUT2D eigenvalue weighted by Crippen LogP contribution is -2.47. The molecular formula is C17H20N2O5. The fraction of sp³-hybridized carbons (Fsp3) is 0.529. The fourth-order valence-electron chi connectivity index (χ4n) is 3.48. The van der Waals surface area contributed by atoms with Crippen molar-refractivity contribution in [1.29, 1.82) is 0 Å². The molecule has 0 saturated carbocycles. The molecule has 3 aliphatic heterocycles. The lowest BCUT2D eigenvalue weighted by atomic mass is 10.0. The minimum absolute atomic E-state index is 0.0431. The Balaban J connectivity index is 1.54. The zero-order valence-corrected chi connectivity index (χ0v) is 13.6. The van der Waals surface area contributed by atoms with Crippen LogP contribution in [-0.2, 0) is 14.3 Å². The number of nitrogens with zero attached hydrogens (tertiary/aromatic N) is 2. The number of fused-ring (bicyclic) bond motifs is 1. The number of carbonyl (C=O) groups excluding carboxylic acids is 2. The second-order valence-corrected chi connectivity index (χ2v) is 6.30. The lowest BCUT2D eigenvalue weighted by Gasteiger charge is -2.38. The molecule has 24 heavy (non-hydrogen) atoms. The van der Waals surface area contributed by atoms with E-state index in [4.69, 9.17) is 14.2 Å². The number of ether oxygens (including phenoxy) is 3. The first kappa shape index (κ1) is 15.4. The number of rotatable bonds is 1. The highest BCUT2D eigenvalue weighted by Crippen LogP contribution is 2.37. The third-order valence-corrected chi connectivity index (χ3v) is 4.93. The fourth-order valence-corrected chi connectivity index (χ4v) is 3.48. The Morgan fingerprint density at radius 3 is 2.58 bits per heavy atom. The molecule has 4 rings (SSSR count). The Morgan fingerprint density at radius 2 is 1.88 bits per heavy atom. The van der Waals surface area contributed by atoms with Crippen LogP contribution in [0.5, 0.6) is 5.75 Å². The molecule has 3 aliphatic rings. The molecule has 7 heteroatoms. The molecule has 3 heterocycles. The van der Waals surface area contributed by atoms with Crippen molar-refractivity contribution in [3.63, 3.8) is 0 Å². The minimum Gasteiger partial charge on any atom is -0.481 e. The maximum absolute atomic E-state index is 12.9. The van der Waals surface area contributed by atoms with Gasteiger partial charge in [-0.15, -0.1) is 0 Å². The maximum atomic E-state index is 12.9. The molecule has 0 bridgehead atoms. The van der Waals surface area contributed by atoms with E-state index in [2.05, 4.69) is 0 Å². The van der Waals surface area contributed by atoms with E-state index >= 15 is 0 Å². The van der Waals surface area contributed by atoms with E-state index in [0.29, 0.717) is 56.1 Å². The first-order valence-corrected chi connectivity index (χ1v) is 8.19. The van der Waals surface area contributed by atoms with Gasteiger partial charge in [-0.1, -0.05) is 6.07 Å². The summed E-state index contributed by atoms with van der Waals surface area (Å²) in [6, 6.07) is 5.31. The van der Waals surface area contributed by atoms with Crippen molar-refractivity contribution in [2.45, 2.75) is 18.6 Å². The van der Waals surface area contributed by atoms with Crippen LogP contribution < -0.4 is 9.64 Å². The van der Waals surface area contributed by atoms with Crippen LogP contribution in [0.3, 0.4) is 0 Å². The van der Waals surface area contributed by atoms with Gasteiger partial charge >= 0.3 is 0 Å². The lowest BCUT2D eigenvalue weighted by molar-refractivity contribution is -0.181. The Bertz CT molecular complexity index is 674. The van der Waals surface area contributed by atoms with Gasteiger partial charge in [-0.3, -0.25) is 9.59 Å². The Labute approximate surface area is 140 Å². The first-order valence-electron chi connectivity index (χ1n) is 8.19. The Hall–Kier alpha value is -2.12. The smallest absolute Gasteiger partial charge is 0.264 e. The van der Waals surface area contributed by atoms with Crippen LogP contribution in [0.25, 0.3) is 0 Å². The molecule has 1 aromatic carbocycles. The van der Waals surface area contributed by atoms with Gasteiger partial charge in [0.15, 0.2) is 18.1 Å². The van der Waals surface area contributed by atoms with E-state index < -0.39 is 5.79 Å². The molecule has 0 aliphatic carbocycles. The highest BCUT2D eigenvalue weighted by Gasteiger charge is 2.41. The van der Waals surface area contributed by atoms with Crippen molar-refractivity contribution in [1.82, 2.24) is 4.90 Å². The molecule has 1 aromatic rings. The molecule has 0 radical (unpaired) electrons. The van der Waals surface area contributed by atoms with Gasteiger partial charge in [-0.2, -0.15) is 0 Å². The van der Waals surface area contributed by atoms with Gasteiger partial charge in [0.05, 0.1) is 24.5 Å². The number of likely N-dealkylation sites (N-methyl/N-ethyl adjacent to an activating group) is 1. The summed E-state index contributed by atoms with van der Waals surface area (Å²) in [6.45, 7) is 2.36. The quantitative estimate of drug-likeness (QED) is 0.768. The van der Waals surface area contributed by atoms with Crippen molar-refractivity contribution >= 4 is 17.5 Å². The SMILES string of the molecule is CN1C(=O)COc2c(C(=O)N3CCC4(CC3)OCCO4)cccc21. The third-order valence-electron chi connectivity index (χ3n) is 4.93. The summed E-state index contributed by atoms with van der Waals surface area (Å²) >= 11 is 0. The Kier molecular flexibility index (Phi) is 3.69. The predicted octanol–water partition coefficient (Wildman–Crippen LogP) is 1.02. The van der Waals surface area contributed by atoms with Crippen LogP contribution in [0.15, 0.2) is 18.2 Å². The van der Waals surface area contributed by atoms with Gasteiger partial charge in [0.25, 0.3) is 11.8 Å². The molecule has 0 atom stereocenters. The van der Waals surface area contributed by atoms with Crippen molar-refractivity contribution in [2.24, 2.45) is 0 Å². The molecule has 2 fully saturated rings. The summed E-state index contributed by atoms with van der Waals surface area (Å²) < 4.78 is 17.0. The minimum atomic E-state index is -0.504. The van der Waals surface area contributed by atoms with E-state index in [1.54, 1.807) is 30.1 Å². The van der Waals surface area contributed by atoms with Crippen LogP contribution in [0.1, 0.15) is 23.2 Å². The second-order valence-electron chi connectivity index (χ2n) is 6.30. The molecule has 7 nitrogen and oxygen atoms in total. The van der Waals surface area contributed by atoms with E-state index in [1.807, 2.05) is 0 Å². The van der Waals surface area contributed by atoms with Gasteiger partial charge in [0.1, 0.15) is 0 Å². The number of likely N-dealkylation sites (tertiary alicyclic amines) is 1. The molecule has 0 aromatic heterocycles. The predicted molar refractivity (Wildman–Crippen MR) is 85.1 cm³/mol. The summed E-state index contributed by atoms with van der Waals surface area (Å²) in [4.78, 5) is 28.0. The summed E-state index contributed by atoms with van der Waals surface area (Å²) in [5.41, 5.74) is 1.13. The summed E-state index contributed by atoms with van der Waals surface area (Å²) in [5.74, 6) is -0.223. The van der Waals surface area contributed by atoms with Crippen molar-refractivity contribution in [2.75, 3.05) is 44.9 Å². The maximum Gasteiger partial charge on any atom is 0.264 e. The molecule has 128 valence electrons. The molecule has 0 unspecified atom stereocenters. The number of benzene rings is 1. The highest BCUT2D eigenvalue weighted by molar-refractivity contribution is 6.04. The molecule has 0 N–H and O–H groups in total. The highest BCUT2D eigenvalue weighted by atomic mass is 16.7. The molecular weight excluding hydrogens is 312 g/mol. The third kappa shape index (κ3) is 2.44. The van der Waals surface area contributed by atoms with Gasteiger partial charge in [0, 0.05) is 33.0 Å². The normalized spacial score (nSPS) is 22.5. The summed E-state index contributed by atoms with van der Waals surface area (Å²) in [7, 11) is 1.69. The number of carbonyl (C=O) groups is 2. The number of hydrogen-bond donors (Lipinski definition) is 0. The summed E-state index contributed by atoms with van der Waals surface area (Å²) in [6.07, 6.45) is 1.35. The van der Waals surface area contributed by atoms with Gasteiger partial charge in [-0.05, 0) is 12.1 Å². The number of hydrogen-bond acceptors (Lipinski definition) is 5. The van der Waals surface area contributed by atoms with Crippen molar-refractivity contribution < 1.29 is 23.8 Å². The number of amides is 2. The van der Waals surface area contributed by atoms with Crippen molar-refractivity contribution in [3.8, 4) is 5.75 Å². The van der Waals surface area contributed by atoms with Crippen LogP contribution in [0.4, 0.5) is 5.69 Å². The zero-order valence-electron chi connectivity index (χ0n) is 13.6. The van der Waals surface area contributed by atoms with Crippen molar-refractivity contribution in [3.05, 3.63) is 23.8 Å². The standard InChI is InChI=1S/C17H20N2O5/c1-18-13-4-2-3-12(15(13)22-11-14(18)20)16(21)19-7-5-17(6-8-19)23-9-10-24-17/h2-4H,5-11H2,1H3. The van der Waals surface area contributed by atoms with Crippen LogP contribution >= 0.6 is 0 Å². The van der Waals surface area contributed by atoms with Crippen LogP contribution in [0.2, 0.25) is 0 Å². The molecule has 2 saturated heterocycles. The van der Waals surface area contributed by atoms with E-state index in [1.165, 1.54) is 4.90 Å². The monoisotopic (exact) mass is 332 g/mol. The average molecular weight is 332 g/mol. The molecule has 2 amide bonds. The largest absolute Gasteiger partial charge is 0.481 e. The van der Waals surface area contributed by atoms with E-state index in [-0.39, 0.29) is 18.4 Å². The van der Waals surface area contributed by atoms with Gasteiger partial charge < -0.3 is 24.0 Å². The van der Waals surface area contributed by atoms with Crippen LogP contribution in [-0.4, -0.2) is 62.5 Å². The van der Waals surface area contributed by atoms with E-state index in [9.17, 15) is 9.59 Å². The zero-order chi connectivity index (χ0) is 16.7. The van der Waals surface area contributed by atoms with Crippen LogP contribution in [0, 0.1) is 0 Å². The average Bonchev–Trinajstić information content (AvgIpc) is 3.06. The van der Waals surface area contributed by atoms with E-state index in [0.717, 1.165) is 0 Å². The second kappa shape index (κ2) is 5.75. The topological polar surface area (TPSA) is 68.3 Å². The Morgan fingerprint density at radius 1 is 1.17 bits per heavy atom.